The summed E-state index contributed by atoms with van der Waals surface area (Å²) in [5.41, 5.74) is -0.548. The summed E-state index contributed by atoms with van der Waals surface area (Å²) in [5, 5.41) is 31.0. The molecule has 2 rings (SSSR count). The molecule has 4 N–H and O–H groups in total. The van der Waals surface area contributed by atoms with Crippen LogP contribution in [-0.2, 0) is 26.3 Å². The highest BCUT2D eigenvalue weighted by Gasteiger charge is 2.45. The second-order valence-electron chi connectivity index (χ2n) is 4.85. The minimum atomic E-state index is -1.41. The predicted molar refractivity (Wildman–Crippen MR) is 67.4 cm³/mol. The minimum Gasteiger partial charge on any atom is -0.504 e. The maximum atomic E-state index is 12.0. The first-order valence-corrected chi connectivity index (χ1v) is 5.94. The van der Waals surface area contributed by atoms with Crippen molar-refractivity contribution in [2.24, 2.45) is 0 Å². The van der Waals surface area contributed by atoms with Gasteiger partial charge in [-0.15, -0.1) is 0 Å². The molecule has 1 unspecified atom stereocenters. The van der Waals surface area contributed by atoms with Gasteiger partial charge in [-0.05, 0) is 36.6 Å². The fourth-order valence-electron chi connectivity index (χ4n) is 2.47. The van der Waals surface area contributed by atoms with Gasteiger partial charge in [-0.25, -0.2) is 4.79 Å². The van der Waals surface area contributed by atoms with E-state index in [1.54, 1.807) is 0 Å². The van der Waals surface area contributed by atoms with Gasteiger partial charge in [-0.2, -0.15) is 0 Å². The first kappa shape index (κ1) is 14.1. The van der Waals surface area contributed by atoms with Gasteiger partial charge in [0.25, 0.3) is 0 Å². The number of carboxylic acid groups (broad SMARTS) is 1. The lowest BCUT2D eigenvalue weighted by atomic mass is 9.80. The summed E-state index contributed by atoms with van der Waals surface area (Å²) in [6, 6.07) is 1.52. The molecule has 1 aliphatic rings. The SMILES string of the molecule is COC(=O)C1(C)N[C@H](C(=O)O)Cc2cc(O)c(O)cc21. The Hall–Kier alpha value is -2.28. The van der Waals surface area contributed by atoms with Crippen LogP contribution in [0.25, 0.3) is 0 Å². The molecular weight excluding hydrogens is 266 g/mol. The molecule has 0 spiro atoms. The Bertz CT molecular complexity index is 584. The lowest BCUT2D eigenvalue weighted by Crippen LogP contribution is -2.58. The molecule has 1 aliphatic heterocycles. The van der Waals surface area contributed by atoms with Gasteiger partial charge < -0.3 is 20.1 Å². The molecule has 7 nitrogen and oxygen atoms in total. The van der Waals surface area contributed by atoms with Crippen LogP contribution in [0.4, 0.5) is 0 Å². The number of benzene rings is 1. The zero-order valence-electron chi connectivity index (χ0n) is 11.0. The molecule has 0 fully saturated rings. The summed E-state index contributed by atoms with van der Waals surface area (Å²) in [6.45, 7) is 1.48. The van der Waals surface area contributed by atoms with E-state index >= 15 is 0 Å². The molecular formula is C13H15NO6. The number of hydrogen-bond donors (Lipinski definition) is 4. The van der Waals surface area contributed by atoms with E-state index in [0.717, 1.165) is 0 Å². The maximum Gasteiger partial charge on any atom is 0.330 e. The largest absolute Gasteiger partial charge is 0.504 e. The summed E-state index contributed by atoms with van der Waals surface area (Å²) >= 11 is 0. The molecule has 1 aromatic rings. The molecule has 1 heterocycles. The fraction of sp³-hybridized carbons (Fsp3) is 0.385. The zero-order chi connectivity index (χ0) is 15.1. The Morgan fingerprint density at radius 2 is 1.95 bits per heavy atom. The average Bonchev–Trinajstić information content (AvgIpc) is 2.39. The van der Waals surface area contributed by atoms with Gasteiger partial charge in [0.05, 0.1) is 7.11 Å². The number of carbonyl (C=O) groups excluding carboxylic acids is 1. The Balaban J connectivity index is 2.62. The topological polar surface area (TPSA) is 116 Å². The second-order valence-corrected chi connectivity index (χ2v) is 4.85. The Morgan fingerprint density at radius 1 is 1.35 bits per heavy atom. The number of hydrogen-bond acceptors (Lipinski definition) is 6. The van der Waals surface area contributed by atoms with Crippen LogP contribution < -0.4 is 5.32 Å². The molecule has 1 aromatic carbocycles. The number of fused-ring (bicyclic) bond motifs is 1. The molecule has 0 saturated carbocycles. The van der Waals surface area contributed by atoms with E-state index in [9.17, 15) is 19.8 Å². The number of phenols is 2. The summed E-state index contributed by atoms with van der Waals surface area (Å²) in [7, 11) is 1.19. The summed E-state index contributed by atoms with van der Waals surface area (Å²) in [6.07, 6.45) is 0.0884. The number of phenolic OH excluding ortho intramolecular Hbond substituents is 2. The lowest BCUT2D eigenvalue weighted by molar-refractivity contribution is -0.150. The van der Waals surface area contributed by atoms with Crippen LogP contribution in [-0.4, -0.2) is 40.4 Å². The van der Waals surface area contributed by atoms with Crippen molar-refractivity contribution in [3.8, 4) is 11.5 Å². The van der Waals surface area contributed by atoms with E-state index in [1.165, 1.54) is 26.2 Å². The highest BCUT2D eigenvalue weighted by Crippen LogP contribution is 2.38. The van der Waals surface area contributed by atoms with E-state index in [2.05, 4.69) is 5.32 Å². The van der Waals surface area contributed by atoms with Crippen LogP contribution in [0.15, 0.2) is 12.1 Å². The molecule has 0 amide bonds. The number of rotatable bonds is 2. The molecule has 0 saturated heterocycles. The zero-order valence-corrected chi connectivity index (χ0v) is 11.0. The summed E-state index contributed by atoms with van der Waals surface area (Å²) in [5.74, 6) is -2.52. The Kier molecular flexibility index (Phi) is 3.31. The molecule has 2 atom stereocenters. The molecule has 7 heteroatoms. The van der Waals surface area contributed by atoms with Crippen LogP contribution in [0.3, 0.4) is 0 Å². The van der Waals surface area contributed by atoms with E-state index in [4.69, 9.17) is 9.84 Å². The van der Waals surface area contributed by atoms with Gasteiger partial charge in [0, 0.05) is 0 Å². The van der Waals surface area contributed by atoms with Gasteiger partial charge >= 0.3 is 11.9 Å². The van der Waals surface area contributed by atoms with Crippen molar-refractivity contribution in [3.63, 3.8) is 0 Å². The van der Waals surface area contributed by atoms with Crippen molar-refractivity contribution in [2.45, 2.75) is 24.9 Å². The van der Waals surface area contributed by atoms with E-state index < -0.39 is 23.5 Å². The van der Waals surface area contributed by atoms with Gasteiger partial charge in [-0.1, -0.05) is 0 Å². The van der Waals surface area contributed by atoms with Crippen LogP contribution in [0.1, 0.15) is 18.1 Å². The smallest absolute Gasteiger partial charge is 0.330 e. The first-order valence-electron chi connectivity index (χ1n) is 5.94. The lowest BCUT2D eigenvalue weighted by Gasteiger charge is -2.37. The predicted octanol–water partition coefficient (Wildman–Crippen LogP) is 0.0849. The monoisotopic (exact) mass is 281 g/mol. The molecule has 0 radical (unpaired) electrons. The van der Waals surface area contributed by atoms with Crippen molar-refractivity contribution in [3.05, 3.63) is 23.3 Å². The molecule has 0 aromatic heterocycles. The first-order chi connectivity index (χ1) is 9.29. The van der Waals surface area contributed by atoms with Crippen molar-refractivity contribution >= 4 is 11.9 Å². The molecule has 108 valence electrons. The van der Waals surface area contributed by atoms with Crippen molar-refractivity contribution < 1.29 is 29.6 Å². The third-order valence-electron chi connectivity index (χ3n) is 3.52. The van der Waals surface area contributed by atoms with E-state index in [0.29, 0.717) is 11.1 Å². The van der Waals surface area contributed by atoms with Gasteiger partial charge in [-0.3, -0.25) is 10.1 Å². The third-order valence-corrected chi connectivity index (χ3v) is 3.52. The number of ether oxygens (including phenoxy) is 1. The maximum absolute atomic E-state index is 12.0. The normalized spacial score (nSPS) is 24.8. The highest BCUT2D eigenvalue weighted by molar-refractivity contribution is 5.86. The minimum absolute atomic E-state index is 0.0884. The highest BCUT2D eigenvalue weighted by atomic mass is 16.5. The number of nitrogens with one attached hydrogen (secondary N) is 1. The molecule has 20 heavy (non-hydrogen) atoms. The van der Waals surface area contributed by atoms with Crippen molar-refractivity contribution in [1.82, 2.24) is 5.32 Å². The van der Waals surface area contributed by atoms with Crippen molar-refractivity contribution in [1.29, 1.82) is 0 Å². The van der Waals surface area contributed by atoms with Crippen LogP contribution in [0.2, 0.25) is 0 Å². The number of carbonyl (C=O) groups is 2. The van der Waals surface area contributed by atoms with Crippen LogP contribution in [0, 0.1) is 0 Å². The summed E-state index contributed by atoms with van der Waals surface area (Å²) < 4.78 is 4.71. The van der Waals surface area contributed by atoms with Gasteiger partial charge in [0.1, 0.15) is 11.6 Å². The third kappa shape index (κ3) is 2.05. The number of aliphatic carboxylic acids is 1. The molecule has 0 bridgehead atoms. The second kappa shape index (κ2) is 4.68. The summed E-state index contributed by atoms with van der Waals surface area (Å²) in [4.78, 5) is 23.2. The van der Waals surface area contributed by atoms with Crippen molar-refractivity contribution in [2.75, 3.05) is 7.11 Å². The molecule has 0 aliphatic carbocycles. The van der Waals surface area contributed by atoms with Crippen LogP contribution in [0.5, 0.6) is 11.5 Å². The van der Waals surface area contributed by atoms with E-state index in [1.807, 2.05) is 0 Å². The Morgan fingerprint density at radius 3 is 2.50 bits per heavy atom. The average molecular weight is 281 g/mol. The standard InChI is InChI=1S/C13H15NO6/c1-13(12(19)20-2)7-5-10(16)9(15)4-6(7)3-8(14-13)11(17)18/h4-5,8,14-16H,3H2,1-2H3,(H,17,18)/t8-,13?/m0/s1. The number of esters is 1. The van der Waals surface area contributed by atoms with Gasteiger partial charge in [0.2, 0.25) is 0 Å². The number of methoxy groups -OCH3 is 1. The number of carboxylic acids is 1. The fourth-order valence-corrected chi connectivity index (χ4v) is 2.47. The van der Waals surface area contributed by atoms with Gasteiger partial charge in [0.15, 0.2) is 11.5 Å². The van der Waals surface area contributed by atoms with E-state index in [-0.39, 0.29) is 17.9 Å². The quantitative estimate of drug-likeness (QED) is 0.448. The Labute approximate surface area is 114 Å². The van der Waals surface area contributed by atoms with Crippen LogP contribution >= 0.6 is 0 Å². The number of aromatic hydroxyl groups is 2.